The molecule has 1 aromatic carbocycles. The molecule has 0 saturated carbocycles. The van der Waals surface area contributed by atoms with E-state index in [-0.39, 0.29) is 18.3 Å². The molecule has 0 bridgehead atoms. The standard InChI is InChI=1S/C18H23N5O.ClH/c24-18(16-4-1-2-5-17(16)23-10-3-7-20-23)22-11-6-15(14-22)21-12-8-19-9-13-21;/h1-5,7,10,15,19H,6,8-9,11-14H2;1H. The van der Waals surface area contributed by atoms with E-state index in [1.54, 1.807) is 10.9 Å². The Balaban J connectivity index is 0.00000182. The molecule has 1 aromatic heterocycles. The summed E-state index contributed by atoms with van der Waals surface area (Å²) >= 11 is 0. The summed E-state index contributed by atoms with van der Waals surface area (Å²) in [6.45, 7) is 5.92. The summed E-state index contributed by atoms with van der Waals surface area (Å²) in [5.74, 6) is 0.110. The Morgan fingerprint density at radius 3 is 2.68 bits per heavy atom. The lowest BCUT2D eigenvalue weighted by molar-refractivity contribution is 0.0773. The molecule has 2 saturated heterocycles. The zero-order chi connectivity index (χ0) is 16.4. The van der Waals surface area contributed by atoms with Gasteiger partial charge in [-0.15, -0.1) is 12.4 Å². The van der Waals surface area contributed by atoms with Crippen LogP contribution < -0.4 is 5.32 Å². The number of carbonyl (C=O) groups excluding carboxylic acids is 1. The van der Waals surface area contributed by atoms with Gasteiger partial charge in [-0.1, -0.05) is 12.1 Å². The third kappa shape index (κ3) is 3.71. The Hall–Kier alpha value is -1.89. The normalized spacial score (nSPS) is 21.1. The molecule has 7 heteroatoms. The fourth-order valence-electron chi connectivity index (χ4n) is 3.71. The average molecular weight is 362 g/mol. The first-order chi connectivity index (χ1) is 11.8. The Morgan fingerprint density at radius 2 is 1.92 bits per heavy atom. The lowest BCUT2D eigenvalue weighted by atomic mass is 10.1. The number of nitrogens with one attached hydrogen (secondary N) is 1. The second-order valence-electron chi connectivity index (χ2n) is 6.45. The second-order valence-corrected chi connectivity index (χ2v) is 6.45. The van der Waals surface area contributed by atoms with Gasteiger partial charge in [0, 0.05) is 57.7 Å². The predicted octanol–water partition coefficient (Wildman–Crippen LogP) is 1.41. The third-order valence-corrected chi connectivity index (χ3v) is 5.00. The molecule has 1 unspecified atom stereocenters. The third-order valence-electron chi connectivity index (χ3n) is 5.00. The molecule has 2 aromatic rings. The van der Waals surface area contributed by atoms with Gasteiger partial charge in [0.25, 0.3) is 5.91 Å². The van der Waals surface area contributed by atoms with Crippen molar-refractivity contribution < 1.29 is 4.79 Å². The number of benzene rings is 1. The van der Waals surface area contributed by atoms with Crippen LogP contribution in [0.25, 0.3) is 5.69 Å². The van der Waals surface area contributed by atoms with Crippen LogP contribution in [0.5, 0.6) is 0 Å². The number of rotatable bonds is 3. The van der Waals surface area contributed by atoms with Gasteiger partial charge in [0.1, 0.15) is 0 Å². The summed E-state index contributed by atoms with van der Waals surface area (Å²) in [5.41, 5.74) is 1.57. The summed E-state index contributed by atoms with van der Waals surface area (Å²) in [5, 5.41) is 7.66. The molecule has 1 amide bonds. The average Bonchev–Trinajstić information content (AvgIpc) is 3.34. The molecule has 3 heterocycles. The smallest absolute Gasteiger partial charge is 0.256 e. The Labute approximate surface area is 154 Å². The number of hydrogen-bond acceptors (Lipinski definition) is 4. The lowest BCUT2D eigenvalue weighted by Crippen LogP contribution is -2.49. The summed E-state index contributed by atoms with van der Waals surface area (Å²) < 4.78 is 1.76. The number of para-hydroxylation sites is 1. The molecule has 0 aliphatic carbocycles. The fourth-order valence-corrected chi connectivity index (χ4v) is 3.71. The van der Waals surface area contributed by atoms with E-state index < -0.39 is 0 Å². The number of halogens is 1. The zero-order valence-corrected chi connectivity index (χ0v) is 15.0. The second kappa shape index (κ2) is 7.99. The minimum absolute atomic E-state index is 0. The van der Waals surface area contributed by atoms with Crippen molar-refractivity contribution in [3.8, 4) is 5.69 Å². The van der Waals surface area contributed by atoms with E-state index in [1.165, 1.54) is 0 Å². The molecular formula is C18H24ClN5O. The summed E-state index contributed by atoms with van der Waals surface area (Å²) in [6.07, 6.45) is 4.67. The highest BCUT2D eigenvalue weighted by Crippen LogP contribution is 2.21. The monoisotopic (exact) mass is 361 g/mol. The number of aromatic nitrogens is 2. The SMILES string of the molecule is Cl.O=C(c1ccccc1-n1cccn1)N1CCC(N2CCNCC2)C1. The number of carbonyl (C=O) groups is 1. The maximum Gasteiger partial charge on any atom is 0.256 e. The molecule has 2 aliphatic rings. The van der Waals surface area contributed by atoms with Gasteiger partial charge >= 0.3 is 0 Å². The molecule has 6 nitrogen and oxygen atoms in total. The van der Waals surface area contributed by atoms with E-state index >= 15 is 0 Å². The number of piperazine rings is 1. The van der Waals surface area contributed by atoms with E-state index in [4.69, 9.17) is 0 Å². The highest BCUT2D eigenvalue weighted by molar-refractivity contribution is 5.98. The van der Waals surface area contributed by atoms with Crippen LogP contribution in [0.2, 0.25) is 0 Å². The van der Waals surface area contributed by atoms with Gasteiger partial charge in [-0.05, 0) is 24.6 Å². The quantitative estimate of drug-likeness (QED) is 0.898. The molecule has 4 rings (SSSR count). The first-order valence-electron chi connectivity index (χ1n) is 8.66. The number of amides is 1. The lowest BCUT2D eigenvalue weighted by Gasteiger charge is -2.32. The van der Waals surface area contributed by atoms with Crippen molar-refractivity contribution in [1.29, 1.82) is 0 Å². The largest absolute Gasteiger partial charge is 0.337 e. The summed E-state index contributed by atoms with van der Waals surface area (Å²) in [6, 6.07) is 10.1. The predicted molar refractivity (Wildman–Crippen MR) is 99.6 cm³/mol. The van der Waals surface area contributed by atoms with Gasteiger partial charge in [0.05, 0.1) is 11.3 Å². The minimum Gasteiger partial charge on any atom is -0.337 e. The van der Waals surface area contributed by atoms with Crippen molar-refractivity contribution in [3.05, 3.63) is 48.3 Å². The van der Waals surface area contributed by atoms with Crippen molar-refractivity contribution >= 4 is 18.3 Å². The van der Waals surface area contributed by atoms with Crippen LogP contribution in [0.1, 0.15) is 16.8 Å². The summed E-state index contributed by atoms with van der Waals surface area (Å²) in [7, 11) is 0. The topological polar surface area (TPSA) is 53.4 Å². The van der Waals surface area contributed by atoms with Crippen molar-refractivity contribution in [2.75, 3.05) is 39.3 Å². The zero-order valence-electron chi connectivity index (χ0n) is 14.2. The van der Waals surface area contributed by atoms with Crippen molar-refractivity contribution in [1.82, 2.24) is 24.9 Å². The Morgan fingerprint density at radius 1 is 1.12 bits per heavy atom. The van der Waals surface area contributed by atoms with Crippen molar-refractivity contribution in [2.45, 2.75) is 12.5 Å². The van der Waals surface area contributed by atoms with Crippen molar-refractivity contribution in [3.63, 3.8) is 0 Å². The van der Waals surface area contributed by atoms with Crippen LogP contribution in [0.3, 0.4) is 0 Å². The highest BCUT2D eigenvalue weighted by atomic mass is 35.5. The molecule has 25 heavy (non-hydrogen) atoms. The van der Waals surface area contributed by atoms with Crippen molar-refractivity contribution in [2.24, 2.45) is 0 Å². The van der Waals surface area contributed by atoms with Crippen LogP contribution in [0.15, 0.2) is 42.7 Å². The molecule has 2 aliphatic heterocycles. The van der Waals surface area contributed by atoms with Gasteiger partial charge in [-0.3, -0.25) is 9.69 Å². The van der Waals surface area contributed by atoms with Gasteiger partial charge < -0.3 is 10.2 Å². The van der Waals surface area contributed by atoms with Gasteiger partial charge in [0.15, 0.2) is 0 Å². The number of nitrogens with zero attached hydrogens (tertiary/aromatic N) is 4. The summed E-state index contributed by atoms with van der Waals surface area (Å²) in [4.78, 5) is 17.6. The molecule has 134 valence electrons. The molecule has 0 radical (unpaired) electrons. The van der Waals surface area contributed by atoms with Crippen LogP contribution in [0, 0.1) is 0 Å². The van der Waals surface area contributed by atoms with Crippen LogP contribution >= 0.6 is 12.4 Å². The molecule has 2 fully saturated rings. The van der Waals surface area contributed by atoms with Crippen LogP contribution in [0.4, 0.5) is 0 Å². The molecular weight excluding hydrogens is 338 g/mol. The Kier molecular flexibility index (Phi) is 5.73. The molecule has 1 N–H and O–H groups in total. The van der Waals surface area contributed by atoms with E-state index in [0.717, 1.165) is 56.9 Å². The first kappa shape index (κ1) is 17.9. The number of likely N-dealkylation sites (tertiary alicyclic amines) is 1. The van der Waals surface area contributed by atoms with Crippen LogP contribution in [-0.2, 0) is 0 Å². The molecule has 1 atom stereocenters. The van der Waals surface area contributed by atoms with Gasteiger partial charge in [-0.2, -0.15) is 5.10 Å². The Bertz CT molecular complexity index is 699. The maximum atomic E-state index is 13.0. The highest BCUT2D eigenvalue weighted by Gasteiger charge is 2.32. The van der Waals surface area contributed by atoms with E-state index in [1.807, 2.05) is 41.4 Å². The van der Waals surface area contributed by atoms with Gasteiger partial charge in [0.2, 0.25) is 0 Å². The van der Waals surface area contributed by atoms with Crippen LogP contribution in [-0.4, -0.2) is 70.8 Å². The number of hydrogen-bond donors (Lipinski definition) is 1. The maximum absolute atomic E-state index is 13.0. The first-order valence-corrected chi connectivity index (χ1v) is 8.66. The fraction of sp³-hybridized carbons (Fsp3) is 0.444. The van der Waals surface area contributed by atoms with E-state index in [0.29, 0.717) is 6.04 Å². The minimum atomic E-state index is 0. The van der Waals surface area contributed by atoms with E-state index in [2.05, 4.69) is 15.3 Å². The molecule has 0 spiro atoms. The van der Waals surface area contributed by atoms with Gasteiger partial charge in [-0.25, -0.2) is 4.68 Å². The van der Waals surface area contributed by atoms with E-state index in [9.17, 15) is 4.79 Å².